The van der Waals surface area contributed by atoms with Gasteiger partial charge in [0.1, 0.15) is 17.2 Å². The second-order valence-corrected chi connectivity index (χ2v) is 4.60. The Kier molecular flexibility index (Phi) is 4.42. The van der Waals surface area contributed by atoms with E-state index in [2.05, 4.69) is 5.10 Å². The third-order valence-corrected chi connectivity index (χ3v) is 3.11. The molecule has 0 saturated carbocycles. The fraction of sp³-hybridized carbons (Fsp3) is 0.250. The van der Waals surface area contributed by atoms with Gasteiger partial charge in [0.05, 0.1) is 19.9 Å². The molecule has 110 valence electrons. The molecule has 0 amide bonds. The zero-order valence-corrected chi connectivity index (χ0v) is 12.6. The summed E-state index contributed by atoms with van der Waals surface area (Å²) in [5.74, 6) is 1.26. The molecule has 0 unspecified atom stereocenters. The molecule has 0 bridgehead atoms. The first-order chi connectivity index (χ1) is 10.0. The van der Waals surface area contributed by atoms with Crippen molar-refractivity contribution in [3.05, 3.63) is 47.3 Å². The van der Waals surface area contributed by atoms with E-state index < -0.39 is 0 Å². The number of aromatic nitrogens is 2. The molecule has 0 aliphatic heterocycles. The van der Waals surface area contributed by atoms with Crippen LogP contribution in [0, 0.1) is 6.92 Å². The highest BCUT2D eigenvalue weighted by Gasteiger charge is 2.09. The number of hydrogen-bond acceptors (Lipinski definition) is 4. The van der Waals surface area contributed by atoms with Gasteiger partial charge in [0.15, 0.2) is 0 Å². The van der Waals surface area contributed by atoms with Gasteiger partial charge in [0, 0.05) is 18.7 Å². The minimum atomic E-state index is -0.101. The Hall–Kier alpha value is -2.56. The standard InChI is InChI=1S/C16H18N2O3/c1-11-9-14(18(2)17-11)15(19)8-6-12-5-7-13(20-3)10-16(12)21-4/h5-10H,1-4H3/b8-6+. The summed E-state index contributed by atoms with van der Waals surface area (Å²) in [6, 6.07) is 7.20. The molecule has 0 aliphatic rings. The number of nitrogens with zero attached hydrogens (tertiary/aromatic N) is 2. The molecule has 21 heavy (non-hydrogen) atoms. The molecule has 1 aromatic heterocycles. The van der Waals surface area contributed by atoms with Crippen molar-refractivity contribution in [1.82, 2.24) is 9.78 Å². The first-order valence-corrected chi connectivity index (χ1v) is 6.50. The highest BCUT2D eigenvalue weighted by molar-refractivity contribution is 6.05. The smallest absolute Gasteiger partial charge is 0.203 e. The molecule has 1 heterocycles. The van der Waals surface area contributed by atoms with Gasteiger partial charge in [0.25, 0.3) is 0 Å². The van der Waals surface area contributed by atoms with Gasteiger partial charge in [-0.2, -0.15) is 5.10 Å². The molecule has 0 saturated heterocycles. The van der Waals surface area contributed by atoms with E-state index in [1.165, 1.54) is 6.08 Å². The Bertz CT molecular complexity index is 687. The van der Waals surface area contributed by atoms with Crippen LogP contribution in [-0.2, 0) is 7.05 Å². The van der Waals surface area contributed by atoms with Crippen LogP contribution in [0.15, 0.2) is 30.3 Å². The van der Waals surface area contributed by atoms with Crippen molar-refractivity contribution < 1.29 is 14.3 Å². The zero-order valence-electron chi connectivity index (χ0n) is 12.6. The largest absolute Gasteiger partial charge is 0.497 e. The summed E-state index contributed by atoms with van der Waals surface area (Å²) in [4.78, 5) is 12.2. The fourth-order valence-corrected chi connectivity index (χ4v) is 2.05. The van der Waals surface area contributed by atoms with Crippen LogP contribution in [-0.4, -0.2) is 29.8 Å². The quantitative estimate of drug-likeness (QED) is 0.626. The molecule has 5 heteroatoms. The molecule has 0 spiro atoms. The molecule has 0 atom stereocenters. The van der Waals surface area contributed by atoms with Crippen molar-refractivity contribution in [2.45, 2.75) is 6.92 Å². The van der Waals surface area contributed by atoms with Gasteiger partial charge in [-0.25, -0.2) is 0 Å². The van der Waals surface area contributed by atoms with Crippen LogP contribution in [0.4, 0.5) is 0 Å². The Morgan fingerprint density at radius 1 is 1.24 bits per heavy atom. The fourth-order valence-electron chi connectivity index (χ4n) is 2.05. The van der Waals surface area contributed by atoms with Crippen LogP contribution in [0.1, 0.15) is 21.7 Å². The number of aryl methyl sites for hydroxylation is 2. The summed E-state index contributed by atoms with van der Waals surface area (Å²) in [6.07, 6.45) is 3.24. The van der Waals surface area contributed by atoms with E-state index in [-0.39, 0.29) is 5.78 Å². The third kappa shape index (κ3) is 3.31. The van der Waals surface area contributed by atoms with Crippen molar-refractivity contribution in [3.63, 3.8) is 0 Å². The lowest BCUT2D eigenvalue weighted by molar-refractivity contribution is 0.103. The lowest BCUT2D eigenvalue weighted by atomic mass is 10.1. The SMILES string of the molecule is COc1ccc(/C=C/C(=O)c2cc(C)nn2C)c(OC)c1. The molecular weight excluding hydrogens is 268 g/mol. The van der Waals surface area contributed by atoms with Crippen molar-refractivity contribution in [2.24, 2.45) is 7.05 Å². The number of ketones is 1. The molecule has 5 nitrogen and oxygen atoms in total. The highest BCUT2D eigenvalue weighted by atomic mass is 16.5. The van der Waals surface area contributed by atoms with E-state index in [1.54, 1.807) is 44.2 Å². The van der Waals surface area contributed by atoms with Gasteiger partial charge in [-0.1, -0.05) is 0 Å². The maximum absolute atomic E-state index is 12.2. The summed E-state index contributed by atoms with van der Waals surface area (Å²) < 4.78 is 12.0. The Balaban J connectivity index is 2.25. The van der Waals surface area contributed by atoms with Crippen molar-refractivity contribution in [1.29, 1.82) is 0 Å². The van der Waals surface area contributed by atoms with Crippen molar-refractivity contribution >= 4 is 11.9 Å². The van der Waals surface area contributed by atoms with E-state index in [0.29, 0.717) is 17.2 Å². The average molecular weight is 286 g/mol. The van der Waals surface area contributed by atoms with Gasteiger partial charge in [0.2, 0.25) is 5.78 Å². The molecule has 0 N–H and O–H groups in total. The van der Waals surface area contributed by atoms with Crippen LogP contribution in [0.25, 0.3) is 6.08 Å². The Morgan fingerprint density at radius 2 is 2.00 bits per heavy atom. The number of ether oxygens (including phenoxy) is 2. The molecular formula is C16H18N2O3. The van der Waals surface area contributed by atoms with Crippen LogP contribution in [0.3, 0.4) is 0 Å². The monoisotopic (exact) mass is 286 g/mol. The number of carbonyl (C=O) groups is 1. The lowest BCUT2D eigenvalue weighted by Crippen LogP contribution is -2.03. The summed E-state index contributed by atoms with van der Waals surface area (Å²) >= 11 is 0. The number of carbonyl (C=O) groups excluding carboxylic acids is 1. The normalized spacial score (nSPS) is 10.9. The minimum absolute atomic E-state index is 0.101. The first kappa shape index (κ1) is 14.8. The van der Waals surface area contributed by atoms with Crippen LogP contribution >= 0.6 is 0 Å². The van der Waals surface area contributed by atoms with Gasteiger partial charge in [-0.05, 0) is 37.3 Å². The molecule has 0 aliphatic carbocycles. The van der Waals surface area contributed by atoms with Crippen molar-refractivity contribution in [2.75, 3.05) is 14.2 Å². The second kappa shape index (κ2) is 6.26. The minimum Gasteiger partial charge on any atom is -0.497 e. The Morgan fingerprint density at radius 3 is 2.57 bits per heavy atom. The Labute approximate surface area is 123 Å². The maximum Gasteiger partial charge on any atom is 0.203 e. The number of hydrogen-bond donors (Lipinski definition) is 0. The van der Waals surface area contributed by atoms with E-state index in [0.717, 1.165) is 11.3 Å². The maximum atomic E-state index is 12.2. The van der Waals surface area contributed by atoms with Crippen LogP contribution in [0.5, 0.6) is 11.5 Å². The van der Waals surface area contributed by atoms with E-state index >= 15 is 0 Å². The van der Waals surface area contributed by atoms with Gasteiger partial charge >= 0.3 is 0 Å². The van der Waals surface area contributed by atoms with Gasteiger partial charge < -0.3 is 9.47 Å². The molecule has 0 fully saturated rings. The number of rotatable bonds is 5. The van der Waals surface area contributed by atoms with E-state index in [9.17, 15) is 4.79 Å². The van der Waals surface area contributed by atoms with Crippen LogP contribution < -0.4 is 9.47 Å². The van der Waals surface area contributed by atoms with Gasteiger partial charge in [-0.3, -0.25) is 9.48 Å². The summed E-state index contributed by atoms with van der Waals surface area (Å²) in [6.45, 7) is 1.85. The predicted octanol–water partition coefficient (Wildman–Crippen LogP) is 2.64. The van der Waals surface area contributed by atoms with E-state index in [4.69, 9.17) is 9.47 Å². The van der Waals surface area contributed by atoms with Gasteiger partial charge in [-0.15, -0.1) is 0 Å². The average Bonchev–Trinajstić information content (AvgIpc) is 2.83. The van der Waals surface area contributed by atoms with Crippen LogP contribution in [0.2, 0.25) is 0 Å². The lowest BCUT2D eigenvalue weighted by Gasteiger charge is -2.07. The second-order valence-electron chi connectivity index (χ2n) is 4.60. The molecule has 2 aromatic rings. The van der Waals surface area contributed by atoms with E-state index in [1.807, 2.05) is 19.1 Å². The first-order valence-electron chi connectivity index (χ1n) is 6.50. The number of methoxy groups -OCH3 is 2. The number of allylic oxidation sites excluding steroid dienone is 1. The zero-order chi connectivity index (χ0) is 15.4. The summed E-state index contributed by atoms with van der Waals surface area (Å²) in [5.41, 5.74) is 2.18. The predicted molar refractivity (Wildman–Crippen MR) is 80.9 cm³/mol. The number of benzene rings is 1. The molecule has 2 rings (SSSR count). The van der Waals surface area contributed by atoms with Crippen molar-refractivity contribution in [3.8, 4) is 11.5 Å². The summed E-state index contributed by atoms with van der Waals surface area (Å²) in [5, 5.41) is 4.16. The topological polar surface area (TPSA) is 53.3 Å². The third-order valence-electron chi connectivity index (χ3n) is 3.11. The summed E-state index contributed by atoms with van der Waals surface area (Å²) in [7, 11) is 4.93. The molecule has 1 aromatic carbocycles. The molecule has 0 radical (unpaired) electrons. The highest BCUT2D eigenvalue weighted by Crippen LogP contribution is 2.25.